The van der Waals surface area contributed by atoms with Crippen molar-refractivity contribution in [3.63, 3.8) is 0 Å². The number of phenolic OH excluding ortho intramolecular Hbond substituents is 1. The third kappa shape index (κ3) is 1.37. The molecule has 1 aromatic rings. The van der Waals surface area contributed by atoms with Gasteiger partial charge in [0, 0.05) is 5.56 Å². The first-order valence-corrected chi connectivity index (χ1v) is 4.70. The standard InChI is InChI=1S/C11H11FO3/c1-6-4-7(13)5-8(9(6)12)11(2-3-11)10(14)15/h4-5,13H,2-3H2,1H3,(H,14,15). The minimum atomic E-state index is -1.10. The normalized spacial score (nSPS) is 17.5. The molecule has 0 aromatic heterocycles. The summed E-state index contributed by atoms with van der Waals surface area (Å²) in [6.07, 6.45) is 0.865. The van der Waals surface area contributed by atoms with Gasteiger partial charge in [-0.25, -0.2) is 4.39 Å². The molecule has 1 aliphatic carbocycles. The molecule has 1 aromatic carbocycles. The highest BCUT2D eigenvalue weighted by molar-refractivity contribution is 5.85. The molecule has 0 unspecified atom stereocenters. The number of benzene rings is 1. The topological polar surface area (TPSA) is 57.5 Å². The Bertz CT molecular complexity index is 436. The number of aryl methyl sites for hydroxylation is 1. The van der Waals surface area contributed by atoms with Crippen molar-refractivity contribution >= 4 is 5.97 Å². The van der Waals surface area contributed by atoms with E-state index in [0.29, 0.717) is 12.8 Å². The molecule has 15 heavy (non-hydrogen) atoms. The SMILES string of the molecule is Cc1cc(O)cc(C2(C(=O)O)CC2)c1F. The van der Waals surface area contributed by atoms with Crippen LogP contribution >= 0.6 is 0 Å². The van der Waals surface area contributed by atoms with Crippen LogP contribution in [0.25, 0.3) is 0 Å². The summed E-state index contributed by atoms with van der Waals surface area (Å²) in [6.45, 7) is 1.51. The molecule has 0 spiro atoms. The van der Waals surface area contributed by atoms with Crippen LogP contribution in [0, 0.1) is 12.7 Å². The molecule has 3 nitrogen and oxygen atoms in total. The highest BCUT2D eigenvalue weighted by Gasteiger charge is 2.53. The van der Waals surface area contributed by atoms with Crippen molar-refractivity contribution in [2.45, 2.75) is 25.2 Å². The van der Waals surface area contributed by atoms with Crippen LogP contribution in [0.4, 0.5) is 4.39 Å². The fourth-order valence-electron chi connectivity index (χ4n) is 1.82. The lowest BCUT2D eigenvalue weighted by Crippen LogP contribution is -2.21. The van der Waals surface area contributed by atoms with Crippen LogP contribution in [0.3, 0.4) is 0 Å². The molecule has 0 heterocycles. The Hall–Kier alpha value is -1.58. The van der Waals surface area contributed by atoms with E-state index < -0.39 is 17.2 Å². The Morgan fingerprint density at radius 2 is 2.07 bits per heavy atom. The van der Waals surface area contributed by atoms with Gasteiger partial charge in [-0.1, -0.05) is 0 Å². The minimum Gasteiger partial charge on any atom is -0.508 e. The Kier molecular flexibility index (Phi) is 1.96. The third-order valence-electron chi connectivity index (χ3n) is 2.91. The lowest BCUT2D eigenvalue weighted by molar-refractivity contribution is -0.140. The first kappa shape index (κ1) is 9.96. The van der Waals surface area contributed by atoms with Crippen molar-refractivity contribution in [2.75, 3.05) is 0 Å². The van der Waals surface area contributed by atoms with E-state index in [9.17, 15) is 14.3 Å². The van der Waals surface area contributed by atoms with E-state index in [-0.39, 0.29) is 16.9 Å². The zero-order chi connectivity index (χ0) is 11.2. The molecule has 0 amide bonds. The number of aromatic hydroxyl groups is 1. The number of carboxylic acid groups (broad SMARTS) is 1. The average molecular weight is 210 g/mol. The van der Waals surface area contributed by atoms with Crippen molar-refractivity contribution in [3.05, 3.63) is 29.1 Å². The number of carboxylic acids is 1. The van der Waals surface area contributed by atoms with E-state index in [4.69, 9.17) is 5.11 Å². The molecule has 0 radical (unpaired) electrons. The summed E-state index contributed by atoms with van der Waals surface area (Å²) in [6, 6.07) is 2.50. The molecular formula is C11H11FO3. The molecule has 4 heteroatoms. The lowest BCUT2D eigenvalue weighted by atomic mass is 9.93. The number of carbonyl (C=O) groups is 1. The highest BCUT2D eigenvalue weighted by atomic mass is 19.1. The van der Waals surface area contributed by atoms with Gasteiger partial charge in [-0.2, -0.15) is 0 Å². The predicted molar refractivity (Wildman–Crippen MR) is 51.3 cm³/mol. The minimum absolute atomic E-state index is 0.0866. The van der Waals surface area contributed by atoms with Gasteiger partial charge >= 0.3 is 5.97 Å². The van der Waals surface area contributed by atoms with Gasteiger partial charge in [-0.3, -0.25) is 4.79 Å². The molecule has 1 saturated carbocycles. The van der Waals surface area contributed by atoms with E-state index in [1.54, 1.807) is 0 Å². The third-order valence-corrected chi connectivity index (χ3v) is 2.91. The molecule has 0 aliphatic heterocycles. The van der Waals surface area contributed by atoms with Gasteiger partial charge in [0.25, 0.3) is 0 Å². The maximum absolute atomic E-state index is 13.7. The monoisotopic (exact) mass is 210 g/mol. The maximum Gasteiger partial charge on any atom is 0.314 e. The van der Waals surface area contributed by atoms with Crippen LogP contribution in [0.2, 0.25) is 0 Å². The van der Waals surface area contributed by atoms with Crippen molar-refractivity contribution < 1.29 is 19.4 Å². The number of rotatable bonds is 2. The van der Waals surface area contributed by atoms with Crippen molar-refractivity contribution in [2.24, 2.45) is 0 Å². The van der Waals surface area contributed by atoms with Gasteiger partial charge in [0.15, 0.2) is 0 Å². The molecule has 1 fully saturated rings. The van der Waals surface area contributed by atoms with Crippen LogP contribution in [0.15, 0.2) is 12.1 Å². The van der Waals surface area contributed by atoms with E-state index in [1.165, 1.54) is 19.1 Å². The van der Waals surface area contributed by atoms with Gasteiger partial charge < -0.3 is 10.2 Å². The fraction of sp³-hybridized carbons (Fsp3) is 0.364. The summed E-state index contributed by atoms with van der Waals surface area (Å²) in [4.78, 5) is 11.0. The number of phenols is 1. The van der Waals surface area contributed by atoms with Crippen LogP contribution in [-0.2, 0) is 10.2 Å². The maximum atomic E-state index is 13.7. The summed E-state index contributed by atoms with van der Waals surface area (Å²) in [5.41, 5.74) is -0.724. The fourth-order valence-corrected chi connectivity index (χ4v) is 1.82. The van der Waals surface area contributed by atoms with Crippen LogP contribution in [0.5, 0.6) is 5.75 Å². The van der Waals surface area contributed by atoms with Gasteiger partial charge in [-0.05, 0) is 37.5 Å². The molecule has 0 atom stereocenters. The first-order valence-electron chi connectivity index (χ1n) is 4.70. The Labute approximate surface area is 86.2 Å². The molecule has 1 aliphatic rings. The predicted octanol–water partition coefficient (Wildman–Crippen LogP) is 1.96. The molecule has 0 bridgehead atoms. The van der Waals surface area contributed by atoms with E-state index in [2.05, 4.69) is 0 Å². The van der Waals surface area contributed by atoms with E-state index in [1.807, 2.05) is 0 Å². The quantitative estimate of drug-likeness (QED) is 0.784. The number of aliphatic carboxylic acids is 1. The summed E-state index contributed by atoms with van der Waals surface area (Å²) < 4.78 is 13.7. The summed E-state index contributed by atoms with van der Waals surface area (Å²) in [7, 11) is 0. The van der Waals surface area contributed by atoms with Gasteiger partial charge in [-0.15, -0.1) is 0 Å². The van der Waals surface area contributed by atoms with Crippen molar-refractivity contribution in [1.82, 2.24) is 0 Å². The Morgan fingerprint density at radius 1 is 1.47 bits per heavy atom. The highest BCUT2D eigenvalue weighted by Crippen LogP contribution is 2.50. The Balaban J connectivity index is 2.58. The number of hydrogen-bond donors (Lipinski definition) is 2. The van der Waals surface area contributed by atoms with Crippen LogP contribution in [-0.4, -0.2) is 16.2 Å². The van der Waals surface area contributed by atoms with Crippen molar-refractivity contribution in [1.29, 1.82) is 0 Å². The van der Waals surface area contributed by atoms with Gasteiger partial charge in [0.05, 0.1) is 5.41 Å². The second kappa shape index (κ2) is 2.95. The lowest BCUT2D eigenvalue weighted by Gasteiger charge is -2.13. The Morgan fingerprint density at radius 3 is 2.53 bits per heavy atom. The van der Waals surface area contributed by atoms with Crippen molar-refractivity contribution in [3.8, 4) is 5.75 Å². The van der Waals surface area contributed by atoms with Gasteiger partial charge in [0.2, 0.25) is 0 Å². The smallest absolute Gasteiger partial charge is 0.314 e. The van der Waals surface area contributed by atoms with E-state index >= 15 is 0 Å². The molecular weight excluding hydrogens is 199 g/mol. The second-order valence-electron chi connectivity index (χ2n) is 4.01. The molecule has 0 saturated heterocycles. The molecule has 2 N–H and O–H groups in total. The van der Waals surface area contributed by atoms with Crippen LogP contribution in [0.1, 0.15) is 24.0 Å². The largest absolute Gasteiger partial charge is 0.508 e. The molecule has 2 rings (SSSR count). The second-order valence-corrected chi connectivity index (χ2v) is 4.01. The van der Waals surface area contributed by atoms with Gasteiger partial charge in [0.1, 0.15) is 11.6 Å². The number of halogens is 1. The first-order chi connectivity index (χ1) is 6.97. The van der Waals surface area contributed by atoms with E-state index in [0.717, 1.165) is 0 Å². The summed E-state index contributed by atoms with van der Waals surface area (Å²) >= 11 is 0. The summed E-state index contributed by atoms with van der Waals surface area (Å²) in [5, 5.41) is 18.3. The molecule has 80 valence electrons. The van der Waals surface area contributed by atoms with Crippen LogP contribution < -0.4 is 0 Å². The zero-order valence-electron chi connectivity index (χ0n) is 8.25. The number of hydrogen-bond acceptors (Lipinski definition) is 2. The average Bonchev–Trinajstić information content (AvgIpc) is 2.91. The summed E-state index contributed by atoms with van der Waals surface area (Å²) in [5.74, 6) is -1.63. The zero-order valence-corrected chi connectivity index (χ0v) is 8.25.